The third-order valence-electron chi connectivity index (χ3n) is 3.89. The van der Waals surface area contributed by atoms with Crippen molar-refractivity contribution in [2.45, 2.75) is 6.92 Å². The van der Waals surface area contributed by atoms with Crippen molar-refractivity contribution in [1.29, 1.82) is 0 Å². The Hall–Kier alpha value is -3.61. The fourth-order valence-corrected chi connectivity index (χ4v) is 2.59. The van der Waals surface area contributed by atoms with Gasteiger partial charge in [0, 0.05) is 17.0 Å². The first-order valence-electron chi connectivity index (χ1n) is 7.92. The van der Waals surface area contributed by atoms with Gasteiger partial charge in [-0.2, -0.15) is 4.98 Å². The van der Waals surface area contributed by atoms with Crippen molar-refractivity contribution >= 4 is 23.1 Å². The number of aryl methyl sites for hydroxylation is 1. The maximum Gasteiger partial charge on any atom is 0.259 e. The summed E-state index contributed by atoms with van der Waals surface area (Å²) in [6.07, 6.45) is 3.35. The molecule has 0 aliphatic rings. The molecule has 0 amide bonds. The summed E-state index contributed by atoms with van der Waals surface area (Å²) in [5, 5.41) is 4.71. The second-order valence-electron chi connectivity index (χ2n) is 5.70. The van der Waals surface area contributed by atoms with Gasteiger partial charge in [0.25, 0.3) is 11.4 Å². The third kappa shape index (κ3) is 3.02. The summed E-state index contributed by atoms with van der Waals surface area (Å²) >= 11 is 0. The molecule has 0 aliphatic heterocycles. The third-order valence-corrected chi connectivity index (χ3v) is 3.89. The number of aromatic amines is 1. The highest BCUT2D eigenvalue weighted by Gasteiger charge is 2.12. The molecule has 0 aliphatic carbocycles. The number of fused-ring (bicyclic) bond motifs is 1. The summed E-state index contributed by atoms with van der Waals surface area (Å²) in [6, 6.07) is 10.8. The minimum atomic E-state index is -0.291. The van der Waals surface area contributed by atoms with Crippen molar-refractivity contribution in [2.24, 2.45) is 0 Å². The molecule has 0 atom stereocenters. The number of benzene rings is 1. The van der Waals surface area contributed by atoms with Crippen LogP contribution in [-0.2, 0) is 0 Å². The average molecular weight is 349 g/mol. The van der Waals surface area contributed by atoms with Crippen LogP contribution in [0.1, 0.15) is 17.4 Å². The van der Waals surface area contributed by atoms with Crippen LogP contribution in [0.2, 0.25) is 0 Å². The minimum absolute atomic E-state index is 0.214. The van der Waals surface area contributed by atoms with Crippen LogP contribution in [-0.4, -0.2) is 22.2 Å². The Labute approximate surface area is 147 Å². The molecule has 1 aromatic carbocycles. The van der Waals surface area contributed by atoms with E-state index in [0.29, 0.717) is 22.6 Å². The summed E-state index contributed by atoms with van der Waals surface area (Å²) in [4.78, 5) is 19.4. The average Bonchev–Trinajstić information content (AvgIpc) is 3.28. The largest absolute Gasteiger partial charge is 0.497 e. The summed E-state index contributed by atoms with van der Waals surface area (Å²) in [7, 11) is 1.59. The number of H-pyrrole nitrogens is 1. The van der Waals surface area contributed by atoms with Gasteiger partial charge in [0.1, 0.15) is 17.3 Å². The Kier molecular flexibility index (Phi) is 3.89. The minimum Gasteiger partial charge on any atom is -0.497 e. The molecule has 130 valence electrons. The van der Waals surface area contributed by atoms with Crippen LogP contribution in [0, 0.1) is 6.92 Å². The number of furan rings is 1. The zero-order chi connectivity index (χ0) is 18.1. The molecule has 26 heavy (non-hydrogen) atoms. The van der Waals surface area contributed by atoms with Crippen LogP contribution in [0.3, 0.4) is 0 Å². The lowest BCUT2D eigenvalue weighted by Gasteiger charge is -2.03. The van der Waals surface area contributed by atoms with E-state index in [2.05, 4.69) is 15.1 Å². The Bertz CT molecular complexity index is 1170. The number of ether oxygens (including phenoxy) is 1. The molecule has 0 spiro atoms. The second-order valence-corrected chi connectivity index (χ2v) is 5.70. The second kappa shape index (κ2) is 6.36. The first kappa shape index (κ1) is 15.9. The number of hydrogen-bond acceptors (Lipinski definition) is 6. The fraction of sp³-hybridized carbons (Fsp3) is 0.105. The number of rotatable bonds is 4. The molecule has 3 heterocycles. The molecule has 0 saturated carbocycles. The van der Waals surface area contributed by atoms with E-state index in [0.717, 1.165) is 11.1 Å². The molecule has 3 aromatic heterocycles. The summed E-state index contributed by atoms with van der Waals surface area (Å²) in [5.74, 6) is 2.68. The number of nitrogens with zero attached hydrogens (tertiary/aromatic N) is 2. The lowest BCUT2D eigenvalue weighted by Crippen LogP contribution is -2.09. The van der Waals surface area contributed by atoms with Gasteiger partial charge in [-0.3, -0.25) is 4.79 Å². The van der Waals surface area contributed by atoms with Crippen LogP contribution in [0.25, 0.3) is 34.4 Å². The van der Waals surface area contributed by atoms with Crippen LogP contribution in [0.5, 0.6) is 5.75 Å². The van der Waals surface area contributed by atoms with Crippen molar-refractivity contribution in [1.82, 2.24) is 15.1 Å². The quantitative estimate of drug-likeness (QED) is 0.604. The van der Waals surface area contributed by atoms with Gasteiger partial charge in [0.15, 0.2) is 0 Å². The van der Waals surface area contributed by atoms with Gasteiger partial charge in [-0.05, 0) is 49.4 Å². The molecule has 4 rings (SSSR count). The molecule has 7 nitrogen and oxygen atoms in total. The zero-order valence-electron chi connectivity index (χ0n) is 14.1. The number of nitrogens with one attached hydrogen (secondary N) is 1. The predicted molar refractivity (Wildman–Crippen MR) is 96.8 cm³/mol. The Morgan fingerprint density at radius 1 is 1.15 bits per heavy atom. The Morgan fingerprint density at radius 2 is 2.04 bits per heavy atom. The van der Waals surface area contributed by atoms with Gasteiger partial charge in [-0.25, -0.2) is 0 Å². The normalized spacial score (nSPS) is 11.5. The van der Waals surface area contributed by atoms with E-state index < -0.39 is 0 Å². The Morgan fingerprint density at radius 3 is 2.81 bits per heavy atom. The van der Waals surface area contributed by atoms with Crippen LogP contribution >= 0.6 is 0 Å². The maximum absolute atomic E-state index is 12.3. The smallest absolute Gasteiger partial charge is 0.259 e. The van der Waals surface area contributed by atoms with Crippen molar-refractivity contribution in [3.63, 3.8) is 0 Å². The van der Waals surface area contributed by atoms with Crippen molar-refractivity contribution in [3.8, 4) is 17.1 Å². The number of hydrogen-bond donors (Lipinski definition) is 1. The first-order chi connectivity index (χ1) is 12.6. The van der Waals surface area contributed by atoms with E-state index >= 15 is 0 Å². The van der Waals surface area contributed by atoms with Gasteiger partial charge >= 0.3 is 0 Å². The van der Waals surface area contributed by atoms with E-state index in [9.17, 15) is 4.79 Å². The SMILES string of the molecule is COc1ccc2[nH]c(=O)c(-c3noc(/C=C/c4ccc(C)o4)n3)cc2c1. The van der Waals surface area contributed by atoms with Gasteiger partial charge in [-0.15, -0.1) is 0 Å². The van der Waals surface area contributed by atoms with E-state index in [4.69, 9.17) is 13.7 Å². The molecule has 1 N–H and O–H groups in total. The first-order valence-corrected chi connectivity index (χ1v) is 7.92. The van der Waals surface area contributed by atoms with Gasteiger partial charge in [0.2, 0.25) is 5.82 Å². The standard InChI is InChI=1S/C19H15N3O4/c1-11-3-4-13(25-11)6-8-17-21-18(22-26-17)15-10-12-9-14(24-2)5-7-16(12)20-19(15)23/h3-10H,1-2H3,(H,20,23)/b8-6+. The summed E-state index contributed by atoms with van der Waals surface area (Å²) in [6.45, 7) is 1.86. The van der Waals surface area contributed by atoms with Crippen LogP contribution in [0.4, 0.5) is 0 Å². The molecule has 0 bridgehead atoms. The van der Waals surface area contributed by atoms with E-state index in [-0.39, 0.29) is 17.3 Å². The predicted octanol–water partition coefficient (Wildman–Crippen LogP) is 3.66. The maximum atomic E-state index is 12.3. The van der Waals surface area contributed by atoms with E-state index in [1.54, 1.807) is 37.5 Å². The van der Waals surface area contributed by atoms with Crippen molar-refractivity contribution in [2.75, 3.05) is 7.11 Å². The summed E-state index contributed by atoms with van der Waals surface area (Å²) in [5.41, 5.74) is 0.736. The topological polar surface area (TPSA) is 94.2 Å². The van der Waals surface area contributed by atoms with Crippen molar-refractivity contribution < 1.29 is 13.7 Å². The van der Waals surface area contributed by atoms with Crippen LogP contribution in [0.15, 0.2) is 50.1 Å². The molecular formula is C19H15N3O4. The van der Waals surface area contributed by atoms with Gasteiger partial charge in [-0.1, -0.05) is 5.16 Å². The lowest BCUT2D eigenvalue weighted by molar-refractivity contribution is 0.411. The van der Waals surface area contributed by atoms with Gasteiger partial charge in [0.05, 0.1) is 12.7 Å². The number of aromatic nitrogens is 3. The highest BCUT2D eigenvalue weighted by Crippen LogP contribution is 2.22. The van der Waals surface area contributed by atoms with E-state index in [1.807, 2.05) is 25.1 Å². The molecule has 0 unspecified atom stereocenters. The van der Waals surface area contributed by atoms with E-state index in [1.165, 1.54) is 0 Å². The van der Waals surface area contributed by atoms with Gasteiger partial charge < -0.3 is 18.7 Å². The summed E-state index contributed by atoms with van der Waals surface area (Å²) < 4.78 is 15.9. The molecule has 0 radical (unpaired) electrons. The number of methoxy groups -OCH3 is 1. The monoisotopic (exact) mass is 349 g/mol. The van der Waals surface area contributed by atoms with Crippen molar-refractivity contribution in [3.05, 3.63) is 64.2 Å². The molecule has 0 saturated heterocycles. The fourth-order valence-electron chi connectivity index (χ4n) is 2.59. The van der Waals surface area contributed by atoms with Crippen LogP contribution < -0.4 is 10.3 Å². The molecule has 4 aromatic rings. The number of pyridine rings is 1. The molecule has 7 heteroatoms. The highest BCUT2D eigenvalue weighted by molar-refractivity contribution is 5.83. The Balaban J connectivity index is 1.69. The highest BCUT2D eigenvalue weighted by atomic mass is 16.5. The zero-order valence-corrected chi connectivity index (χ0v) is 14.1. The molecule has 0 fully saturated rings. The molecular weight excluding hydrogens is 334 g/mol. The lowest BCUT2D eigenvalue weighted by atomic mass is 10.1.